The van der Waals surface area contributed by atoms with Crippen molar-refractivity contribution in [3.8, 4) is 0 Å². The van der Waals surface area contributed by atoms with Gasteiger partial charge in [-0.1, -0.05) is 18.2 Å². The van der Waals surface area contributed by atoms with Gasteiger partial charge in [0.25, 0.3) is 0 Å². The average molecular weight is 363 g/mol. The minimum Gasteiger partial charge on any atom is -0.387 e. The SMILES string of the molecule is CC(O)c1cc2n(n1)CCN(C(=O)CCS(=O)(=O)c1ccccc1)C2. The summed E-state index contributed by atoms with van der Waals surface area (Å²) in [5.41, 5.74) is 1.43. The van der Waals surface area contributed by atoms with Gasteiger partial charge in [0.1, 0.15) is 0 Å². The van der Waals surface area contributed by atoms with E-state index in [-0.39, 0.29) is 23.0 Å². The van der Waals surface area contributed by atoms with E-state index in [1.165, 1.54) is 12.1 Å². The van der Waals surface area contributed by atoms with E-state index in [0.29, 0.717) is 25.3 Å². The Balaban J connectivity index is 1.62. The Morgan fingerprint density at radius 3 is 2.68 bits per heavy atom. The molecule has 25 heavy (non-hydrogen) atoms. The van der Waals surface area contributed by atoms with Crippen LogP contribution in [-0.2, 0) is 27.7 Å². The molecule has 0 spiro atoms. The van der Waals surface area contributed by atoms with Crippen molar-refractivity contribution in [3.63, 3.8) is 0 Å². The molecule has 0 saturated carbocycles. The number of aliphatic hydroxyl groups excluding tert-OH is 1. The molecule has 8 heteroatoms. The van der Waals surface area contributed by atoms with Gasteiger partial charge in [-0.05, 0) is 25.1 Å². The van der Waals surface area contributed by atoms with Gasteiger partial charge in [0, 0.05) is 13.0 Å². The summed E-state index contributed by atoms with van der Waals surface area (Å²) in [7, 11) is -3.46. The molecule has 0 fully saturated rings. The zero-order chi connectivity index (χ0) is 18.0. The maximum atomic E-state index is 12.4. The molecule has 1 unspecified atom stereocenters. The molecule has 0 radical (unpaired) electrons. The third-order valence-electron chi connectivity index (χ3n) is 4.28. The monoisotopic (exact) mass is 363 g/mol. The van der Waals surface area contributed by atoms with Crippen LogP contribution in [0.15, 0.2) is 41.3 Å². The summed E-state index contributed by atoms with van der Waals surface area (Å²) in [6.45, 7) is 3.05. The number of hydrogen-bond donors (Lipinski definition) is 1. The smallest absolute Gasteiger partial charge is 0.224 e. The van der Waals surface area contributed by atoms with E-state index in [2.05, 4.69) is 5.10 Å². The second-order valence-electron chi connectivity index (χ2n) is 6.16. The summed E-state index contributed by atoms with van der Waals surface area (Å²) >= 11 is 0. The first-order valence-corrected chi connectivity index (χ1v) is 9.82. The second-order valence-corrected chi connectivity index (χ2v) is 8.27. The molecule has 1 aliphatic heterocycles. The lowest BCUT2D eigenvalue weighted by molar-refractivity contribution is -0.132. The lowest BCUT2D eigenvalue weighted by Gasteiger charge is -2.27. The molecule has 1 atom stereocenters. The van der Waals surface area contributed by atoms with Crippen LogP contribution < -0.4 is 0 Å². The van der Waals surface area contributed by atoms with Crippen molar-refractivity contribution < 1.29 is 18.3 Å². The molecule has 1 aliphatic rings. The Hall–Kier alpha value is -2.19. The van der Waals surface area contributed by atoms with Crippen LogP contribution in [0.2, 0.25) is 0 Å². The molecule has 2 heterocycles. The minimum absolute atomic E-state index is 0.0470. The maximum absolute atomic E-state index is 12.4. The number of benzene rings is 1. The summed E-state index contributed by atoms with van der Waals surface area (Å²) in [5.74, 6) is -0.393. The molecular formula is C17H21N3O4S. The highest BCUT2D eigenvalue weighted by Gasteiger charge is 2.24. The zero-order valence-electron chi connectivity index (χ0n) is 14.0. The number of sulfone groups is 1. The van der Waals surface area contributed by atoms with Gasteiger partial charge in [-0.25, -0.2) is 8.42 Å². The molecule has 1 aromatic heterocycles. The number of rotatable bonds is 5. The highest BCUT2D eigenvalue weighted by molar-refractivity contribution is 7.91. The van der Waals surface area contributed by atoms with Crippen molar-refractivity contribution >= 4 is 15.7 Å². The maximum Gasteiger partial charge on any atom is 0.224 e. The third-order valence-corrected chi connectivity index (χ3v) is 6.02. The zero-order valence-corrected chi connectivity index (χ0v) is 14.8. The van der Waals surface area contributed by atoms with Gasteiger partial charge < -0.3 is 10.0 Å². The topological polar surface area (TPSA) is 92.5 Å². The lowest BCUT2D eigenvalue weighted by atomic mass is 10.2. The number of carbonyl (C=O) groups excluding carboxylic acids is 1. The number of carbonyl (C=O) groups is 1. The van der Waals surface area contributed by atoms with Crippen LogP contribution >= 0.6 is 0 Å². The number of amides is 1. The van der Waals surface area contributed by atoms with Gasteiger partial charge in [0.15, 0.2) is 9.84 Å². The van der Waals surface area contributed by atoms with Gasteiger partial charge in [-0.15, -0.1) is 0 Å². The largest absolute Gasteiger partial charge is 0.387 e. The fraction of sp³-hybridized carbons (Fsp3) is 0.412. The van der Waals surface area contributed by atoms with E-state index < -0.39 is 15.9 Å². The first kappa shape index (κ1) is 17.6. The van der Waals surface area contributed by atoms with Crippen LogP contribution in [0.25, 0.3) is 0 Å². The molecule has 7 nitrogen and oxygen atoms in total. The van der Waals surface area contributed by atoms with Crippen molar-refractivity contribution in [1.29, 1.82) is 0 Å². The van der Waals surface area contributed by atoms with Crippen molar-refractivity contribution in [2.75, 3.05) is 12.3 Å². The van der Waals surface area contributed by atoms with E-state index in [0.717, 1.165) is 5.69 Å². The lowest BCUT2D eigenvalue weighted by Crippen LogP contribution is -2.39. The predicted octanol–water partition coefficient (Wildman–Crippen LogP) is 1.14. The first-order valence-electron chi connectivity index (χ1n) is 8.17. The van der Waals surface area contributed by atoms with Gasteiger partial charge in [-0.2, -0.15) is 5.10 Å². The quantitative estimate of drug-likeness (QED) is 0.860. The Morgan fingerprint density at radius 2 is 2.00 bits per heavy atom. The summed E-state index contributed by atoms with van der Waals surface area (Å²) in [5, 5.41) is 13.9. The molecule has 1 aromatic carbocycles. The van der Waals surface area contributed by atoms with Crippen molar-refractivity contribution in [1.82, 2.24) is 14.7 Å². The molecular weight excluding hydrogens is 342 g/mol. The second kappa shape index (κ2) is 6.97. The van der Waals surface area contributed by atoms with Gasteiger partial charge in [0.05, 0.1) is 41.2 Å². The minimum atomic E-state index is -3.46. The number of nitrogens with zero attached hydrogens (tertiary/aromatic N) is 3. The fourth-order valence-corrected chi connectivity index (χ4v) is 4.08. The molecule has 3 rings (SSSR count). The van der Waals surface area contributed by atoms with Crippen LogP contribution in [0.3, 0.4) is 0 Å². The normalized spacial score (nSPS) is 15.7. The van der Waals surface area contributed by atoms with E-state index in [1.807, 2.05) is 0 Å². The number of hydrogen-bond acceptors (Lipinski definition) is 5. The van der Waals surface area contributed by atoms with Gasteiger partial charge in [-0.3, -0.25) is 9.48 Å². The molecule has 134 valence electrons. The van der Waals surface area contributed by atoms with Crippen molar-refractivity contribution in [2.24, 2.45) is 0 Å². The van der Waals surface area contributed by atoms with E-state index in [4.69, 9.17) is 0 Å². The number of aromatic nitrogens is 2. The summed E-state index contributed by atoms with van der Waals surface area (Å²) in [6, 6.07) is 9.95. The van der Waals surface area contributed by atoms with Crippen molar-refractivity contribution in [2.45, 2.75) is 37.4 Å². The van der Waals surface area contributed by atoms with E-state index >= 15 is 0 Å². The number of aliphatic hydroxyl groups is 1. The Bertz CT molecular complexity index is 859. The standard InChI is InChI=1S/C17H21N3O4S/c1-13(21)16-11-14-12-19(8-9-20(14)18-16)17(22)7-10-25(23,24)15-5-3-2-4-6-15/h2-6,11,13,21H,7-10,12H2,1H3. The van der Waals surface area contributed by atoms with Crippen LogP contribution in [0.5, 0.6) is 0 Å². The molecule has 1 amide bonds. The highest BCUT2D eigenvalue weighted by Crippen LogP contribution is 2.19. The molecule has 1 N–H and O–H groups in total. The predicted molar refractivity (Wildman–Crippen MR) is 91.4 cm³/mol. The van der Waals surface area contributed by atoms with Crippen molar-refractivity contribution in [3.05, 3.63) is 47.8 Å². The summed E-state index contributed by atoms with van der Waals surface area (Å²) in [4.78, 5) is 14.3. The van der Waals surface area contributed by atoms with E-state index in [1.54, 1.807) is 40.8 Å². The molecule has 2 aromatic rings. The average Bonchev–Trinajstić information content (AvgIpc) is 3.04. The fourth-order valence-electron chi connectivity index (χ4n) is 2.83. The van der Waals surface area contributed by atoms with Gasteiger partial charge in [0.2, 0.25) is 5.91 Å². The third kappa shape index (κ3) is 3.91. The first-order chi connectivity index (χ1) is 11.9. The number of fused-ring (bicyclic) bond motifs is 1. The van der Waals surface area contributed by atoms with Crippen LogP contribution in [0.4, 0.5) is 0 Å². The molecule has 0 aliphatic carbocycles. The van der Waals surface area contributed by atoms with E-state index in [9.17, 15) is 18.3 Å². The molecule has 0 bridgehead atoms. The Morgan fingerprint density at radius 1 is 1.28 bits per heavy atom. The highest BCUT2D eigenvalue weighted by atomic mass is 32.2. The molecule has 0 saturated heterocycles. The summed E-state index contributed by atoms with van der Waals surface area (Å²) in [6.07, 6.45) is -0.701. The Labute approximate surface area is 146 Å². The summed E-state index contributed by atoms with van der Waals surface area (Å²) < 4.78 is 26.4. The van der Waals surface area contributed by atoms with Crippen LogP contribution in [0.1, 0.15) is 30.8 Å². The van der Waals surface area contributed by atoms with Crippen LogP contribution in [-0.4, -0.2) is 46.4 Å². The van der Waals surface area contributed by atoms with Gasteiger partial charge >= 0.3 is 0 Å². The van der Waals surface area contributed by atoms with Crippen LogP contribution in [0, 0.1) is 0 Å². The Kier molecular flexibility index (Phi) is 4.91.